The van der Waals surface area contributed by atoms with Gasteiger partial charge in [-0.15, -0.1) is 11.8 Å². The van der Waals surface area contributed by atoms with Gasteiger partial charge in [-0.05, 0) is 18.4 Å². The van der Waals surface area contributed by atoms with Gasteiger partial charge < -0.3 is 10.1 Å². The Bertz CT molecular complexity index is 837. The van der Waals surface area contributed by atoms with Crippen LogP contribution in [0.4, 0.5) is 20.2 Å². The van der Waals surface area contributed by atoms with Gasteiger partial charge in [-0.1, -0.05) is 6.07 Å². The molecule has 0 spiro atoms. The molecule has 7 heteroatoms. The molecular weight excluding hydrogens is 320 g/mol. The second-order valence-corrected chi connectivity index (χ2v) is 5.18. The molecule has 0 saturated carbocycles. The van der Waals surface area contributed by atoms with E-state index in [0.29, 0.717) is 11.4 Å². The SMILES string of the molecule is COc1cccc(Nc2c(F)c(C#N)c(C#N)c(F)c2SC)c1. The molecule has 1 N–H and O–H groups in total. The van der Waals surface area contributed by atoms with Gasteiger partial charge in [-0.2, -0.15) is 10.5 Å². The Hall–Kier alpha value is -2.77. The Morgan fingerprint density at radius 3 is 2.35 bits per heavy atom. The predicted molar refractivity (Wildman–Crippen MR) is 83.8 cm³/mol. The number of halogens is 2. The van der Waals surface area contributed by atoms with E-state index in [1.165, 1.54) is 7.11 Å². The third-order valence-electron chi connectivity index (χ3n) is 3.10. The zero-order chi connectivity index (χ0) is 17.0. The number of rotatable bonds is 4. The van der Waals surface area contributed by atoms with Crippen molar-refractivity contribution >= 4 is 23.1 Å². The molecule has 0 aliphatic rings. The third-order valence-corrected chi connectivity index (χ3v) is 3.89. The van der Waals surface area contributed by atoms with Crippen LogP contribution < -0.4 is 10.1 Å². The summed E-state index contributed by atoms with van der Waals surface area (Å²) in [6.45, 7) is 0. The van der Waals surface area contributed by atoms with Crippen molar-refractivity contribution < 1.29 is 13.5 Å². The first-order valence-electron chi connectivity index (χ1n) is 6.37. The van der Waals surface area contributed by atoms with Crippen molar-refractivity contribution in [2.75, 3.05) is 18.7 Å². The number of thioether (sulfide) groups is 1. The van der Waals surface area contributed by atoms with Crippen LogP contribution in [-0.4, -0.2) is 13.4 Å². The maximum absolute atomic E-state index is 14.6. The summed E-state index contributed by atoms with van der Waals surface area (Å²) >= 11 is 0.945. The Morgan fingerprint density at radius 2 is 1.78 bits per heavy atom. The summed E-state index contributed by atoms with van der Waals surface area (Å²) in [5.74, 6) is -1.34. The standard InChI is InChI=1S/C16H11F2N3OS/c1-22-10-5-3-4-9(6-10)21-15-13(17)11(7-19)12(8-20)14(18)16(15)23-2/h3-6,21H,1-2H3. The minimum atomic E-state index is -0.961. The fraction of sp³-hybridized carbons (Fsp3) is 0.125. The molecule has 0 atom stereocenters. The number of benzene rings is 2. The average molecular weight is 331 g/mol. The van der Waals surface area contributed by atoms with Gasteiger partial charge in [0.15, 0.2) is 11.6 Å². The lowest BCUT2D eigenvalue weighted by molar-refractivity contribution is 0.415. The first-order chi connectivity index (χ1) is 11.1. The number of nitrogens with one attached hydrogen (secondary N) is 1. The van der Waals surface area contributed by atoms with Crippen molar-refractivity contribution in [1.82, 2.24) is 0 Å². The third kappa shape index (κ3) is 3.05. The second kappa shape index (κ2) is 6.99. The molecule has 2 rings (SSSR count). The molecular formula is C16H11F2N3OS. The summed E-state index contributed by atoms with van der Waals surface area (Å²) in [4.78, 5) is -0.0686. The average Bonchev–Trinajstić information content (AvgIpc) is 2.57. The maximum atomic E-state index is 14.6. The van der Waals surface area contributed by atoms with E-state index in [4.69, 9.17) is 15.3 Å². The molecule has 23 heavy (non-hydrogen) atoms. The molecule has 0 aliphatic carbocycles. The molecule has 0 amide bonds. The van der Waals surface area contributed by atoms with Crippen LogP contribution in [0, 0.1) is 34.3 Å². The van der Waals surface area contributed by atoms with Gasteiger partial charge in [0, 0.05) is 11.8 Å². The number of hydrogen-bond acceptors (Lipinski definition) is 5. The lowest BCUT2D eigenvalue weighted by atomic mass is 10.1. The van der Waals surface area contributed by atoms with Gasteiger partial charge in [0.2, 0.25) is 0 Å². The predicted octanol–water partition coefficient (Wildman–Crippen LogP) is 4.18. The minimum absolute atomic E-state index is 0.0686. The molecule has 2 aromatic carbocycles. The summed E-state index contributed by atoms with van der Waals surface area (Å²) in [6, 6.07) is 9.72. The lowest BCUT2D eigenvalue weighted by Gasteiger charge is -2.15. The summed E-state index contributed by atoms with van der Waals surface area (Å²) in [5, 5.41) is 20.8. The van der Waals surface area contributed by atoms with E-state index in [2.05, 4.69) is 5.32 Å². The highest BCUT2D eigenvalue weighted by molar-refractivity contribution is 7.98. The van der Waals surface area contributed by atoms with E-state index in [9.17, 15) is 8.78 Å². The lowest BCUT2D eigenvalue weighted by Crippen LogP contribution is -2.05. The molecule has 0 aromatic heterocycles. The Morgan fingerprint density at radius 1 is 1.13 bits per heavy atom. The summed E-state index contributed by atoms with van der Waals surface area (Å²) < 4.78 is 34.0. The highest BCUT2D eigenvalue weighted by atomic mass is 32.2. The van der Waals surface area contributed by atoms with Gasteiger partial charge >= 0.3 is 0 Å². The van der Waals surface area contributed by atoms with E-state index >= 15 is 0 Å². The van der Waals surface area contributed by atoms with Gasteiger partial charge in [-0.3, -0.25) is 0 Å². The van der Waals surface area contributed by atoms with Crippen molar-refractivity contribution in [3.05, 3.63) is 47.0 Å². The van der Waals surface area contributed by atoms with Crippen LogP contribution in [0.5, 0.6) is 5.75 Å². The van der Waals surface area contributed by atoms with E-state index in [0.717, 1.165) is 11.8 Å². The quantitative estimate of drug-likeness (QED) is 0.851. The van der Waals surface area contributed by atoms with Crippen LogP contribution in [0.1, 0.15) is 11.1 Å². The van der Waals surface area contributed by atoms with Crippen LogP contribution in [0.15, 0.2) is 29.2 Å². The Balaban J connectivity index is 2.64. The van der Waals surface area contributed by atoms with Gasteiger partial charge in [0.25, 0.3) is 0 Å². The molecule has 0 bridgehead atoms. The molecule has 0 unspecified atom stereocenters. The van der Waals surface area contributed by atoms with E-state index in [1.807, 2.05) is 0 Å². The molecule has 0 saturated heterocycles. The maximum Gasteiger partial charge on any atom is 0.167 e. The molecule has 0 fully saturated rings. The van der Waals surface area contributed by atoms with Crippen LogP contribution in [-0.2, 0) is 0 Å². The number of ether oxygens (including phenoxy) is 1. The molecule has 0 radical (unpaired) electrons. The zero-order valence-corrected chi connectivity index (χ0v) is 13.1. The molecule has 2 aromatic rings. The van der Waals surface area contributed by atoms with Gasteiger partial charge in [0.1, 0.15) is 29.0 Å². The first-order valence-corrected chi connectivity index (χ1v) is 7.60. The van der Waals surface area contributed by atoms with Crippen LogP contribution in [0.2, 0.25) is 0 Å². The number of hydrogen-bond donors (Lipinski definition) is 1. The van der Waals surface area contributed by atoms with Gasteiger partial charge in [0.05, 0.1) is 17.7 Å². The molecule has 4 nitrogen and oxygen atoms in total. The minimum Gasteiger partial charge on any atom is -0.497 e. The van der Waals surface area contributed by atoms with E-state index in [-0.39, 0.29) is 10.6 Å². The van der Waals surface area contributed by atoms with Crippen molar-refractivity contribution in [2.24, 2.45) is 0 Å². The van der Waals surface area contributed by atoms with Crippen molar-refractivity contribution in [2.45, 2.75) is 4.90 Å². The number of nitriles is 2. The monoisotopic (exact) mass is 331 g/mol. The van der Waals surface area contributed by atoms with Crippen molar-refractivity contribution in [3.63, 3.8) is 0 Å². The Labute approximate surface area is 136 Å². The second-order valence-electron chi connectivity index (χ2n) is 4.37. The van der Waals surface area contributed by atoms with Crippen molar-refractivity contribution in [3.8, 4) is 17.9 Å². The van der Waals surface area contributed by atoms with Gasteiger partial charge in [-0.25, -0.2) is 8.78 Å². The van der Waals surface area contributed by atoms with Crippen LogP contribution in [0.3, 0.4) is 0 Å². The fourth-order valence-corrected chi connectivity index (χ4v) is 2.65. The number of methoxy groups -OCH3 is 1. The van der Waals surface area contributed by atoms with Crippen molar-refractivity contribution in [1.29, 1.82) is 10.5 Å². The largest absolute Gasteiger partial charge is 0.497 e. The first kappa shape index (κ1) is 16.6. The Kier molecular flexibility index (Phi) is 5.05. The zero-order valence-electron chi connectivity index (χ0n) is 12.3. The number of nitrogens with zero attached hydrogens (tertiary/aromatic N) is 2. The highest BCUT2D eigenvalue weighted by Gasteiger charge is 2.24. The topological polar surface area (TPSA) is 68.8 Å². The number of anilines is 2. The molecule has 116 valence electrons. The van der Waals surface area contributed by atoms with Crippen LogP contribution in [0.25, 0.3) is 0 Å². The summed E-state index contributed by atoms with van der Waals surface area (Å²) in [7, 11) is 1.49. The normalized spacial score (nSPS) is 9.83. The summed E-state index contributed by atoms with van der Waals surface area (Å²) in [6.07, 6.45) is 1.56. The fourth-order valence-electron chi connectivity index (χ4n) is 2.03. The van der Waals surface area contributed by atoms with E-state index < -0.39 is 22.8 Å². The summed E-state index contributed by atoms with van der Waals surface area (Å²) in [5.41, 5.74) is -0.927. The van der Waals surface area contributed by atoms with E-state index in [1.54, 1.807) is 42.7 Å². The molecule has 0 aliphatic heterocycles. The smallest absolute Gasteiger partial charge is 0.167 e. The highest BCUT2D eigenvalue weighted by Crippen LogP contribution is 2.37. The molecule has 0 heterocycles. The van der Waals surface area contributed by atoms with Crippen LogP contribution >= 0.6 is 11.8 Å².